The van der Waals surface area contributed by atoms with E-state index in [1.165, 1.54) is 6.92 Å². The predicted molar refractivity (Wildman–Crippen MR) is 77.3 cm³/mol. The van der Waals surface area contributed by atoms with E-state index in [0.29, 0.717) is 11.3 Å². The number of likely N-dealkylation sites (N-methyl/N-ethyl adjacent to an activating group) is 1. The highest BCUT2D eigenvalue weighted by molar-refractivity contribution is 5.96. The Hall–Kier alpha value is -1.92. The van der Waals surface area contributed by atoms with Gasteiger partial charge >= 0.3 is 0 Å². The molecule has 108 valence electrons. The lowest BCUT2D eigenvalue weighted by Crippen LogP contribution is -2.52. The van der Waals surface area contributed by atoms with Gasteiger partial charge in [-0.05, 0) is 25.2 Å². The van der Waals surface area contributed by atoms with Gasteiger partial charge in [0.2, 0.25) is 5.91 Å². The third kappa shape index (κ3) is 4.04. The first-order valence-corrected chi connectivity index (χ1v) is 6.67. The average Bonchev–Trinajstić information content (AvgIpc) is 2.41. The molecule has 1 aromatic carbocycles. The van der Waals surface area contributed by atoms with E-state index < -0.39 is 0 Å². The SMILES string of the molecule is CC(=O)Nc1cccc(C(=O)NN2CCN(C)CC2)c1. The molecule has 0 unspecified atom stereocenters. The molecule has 2 N–H and O–H groups in total. The molecule has 1 aromatic rings. The Balaban J connectivity index is 1.96. The molecular weight excluding hydrogens is 256 g/mol. The molecule has 0 radical (unpaired) electrons. The molecule has 0 aliphatic carbocycles. The van der Waals surface area contributed by atoms with Crippen LogP contribution in [0.2, 0.25) is 0 Å². The summed E-state index contributed by atoms with van der Waals surface area (Å²) in [6.45, 7) is 4.94. The van der Waals surface area contributed by atoms with Crippen molar-refractivity contribution in [2.45, 2.75) is 6.92 Å². The van der Waals surface area contributed by atoms with Crippen molar-refractivity contribution in [3.8, 4) is 0 Å². The van der Waals surface area contributed by atoms with Gasteiger partial charge in [0.15, 0.2) is 0 Å². The summed E-state index contributed by atoms with van der Waals surface area (Å²) in [7, 11) is 2.07. The van der Waals surface area contributed by atoms with E-state index in [4.69, 9.17) is 0 Å². The van der Waals surface area contributed by atoms with E-state index in [-0.39, 0.29) is 11.8 Å². The number of hydrazine groups is 1. The molecule has 1 aliphatic rings. The second-order valence-electron chi connectivity index (χ2n) is 4.99. The maximum absolute atomic E-state index is 12.2. The molecule has 1 heterocycles. The largest absolute Gasteiger partial charge is 0.326 e. The highest BCUT2D eigenvalue weighted by atomic mass is 16.2. The molecular formula is C14H20N4O2. The van der Waals surface area contributed by atoms with Crippen LogP contribution in [-0.4, -0.2) is 54.9 Å². The summed E-state index contributed by atoms with van der Waals surface area (Å²) in [5, 5.41) is 4.59. The van der Waals surface area contributed by atoms with Gasteiger partial charge in [-0.1, -0.05) is 6.07 Å². The van der Waals surface area contributed by atoms with Gasteiger partial charge in [-0.3, -0.25) is 15.0 Å². The topological polar surface area (TPSA) is 64.7 Å². The van der Waals surface area contributed by atoms with Crippen LogP contribution in [0, 0.1) is 0 Å². The van der Waals surface area contributed by atoms with Crippen LogP contribution in [0.25, 0.3) is 0 Å². The molecule has 1 aliphatic heterocycles. The highest BCUT2D eigenvalue weighted by Gasteiger charge is 2.16. The maximum atomic E-state index is 12.2. The number of carbonyl (C=O) groups is 2. The minimum atomic E-state index is -0.151. The summed E-state index contributed by atoms with van der Waals surface area (Å²) in [6, 6.07) is 6.92. The second kappa shape index (κ2) is 6.49. The molecule has 0 bridgehead atoms. The van der Waals surface area contributed by atoms with E-state index in [0.717, 1.165) is 26.2 Å². The fourth-order valence-corrected chi connectivity index (χ4v) is 2.07. The van der Waals surface area contributed by atoms with Gasteiger partial charge in [0.25, 0.3) is 5.91 Å². The number of carbonyl (C=O) groups excluding carboxylic acids is 2. The first-order valence-electron chi connectivity index (χ1n) is 6.67. The molecule has 0 spiro atoms. The zero-order chi connectivity index (χ0) is 14.5. The maximum Gasteiger partial charge on any atom is 0.265 e. The Morgan fingerprint density at radius 2 is 1.85 bits per heavy atom. The zero-order valence-corrected chi connectivity index (χ0v) is 11.8. The normalized spacial score (nSPS) is 16.7. The molecule has 1 saturated heterocycles. The van der Waals surface area contributed by atoms with Crippen molar-refractivity contribution in [1.82, 2.24) is 15.3 Å². The lowest BCUT2D eigenvalue weighted by atomic mass is 10.2. The summed E-state index contributed by atoms with van der Waals surface area (Å²) >= 11 is 0. The van der Waals surface area contributed by atoms with Gasteiger partial charge in [0.1, 0.15) is 0 Å². The molecule has 2 rings (SSSR count). The van der Waals surface area contributed by atoms with E-state index in [2.05, 4.69) is 22.7 Å². The van der Waals surface area contributed by atoms with Crippen LogP contribution in [0.1, 0.15) is 17.3 Å². The van der Waals surface area contributed by atoms with Crippen LogP contribution < -0.4 is 10.7 Å². The number of nitrogens with zero attached hydrogens (tertiary/aromatic N) is 2. The average molecular weight is 276 g/mol. The van der Waals surface area contributed by atoms with Gasteiger partial charge in [-0.2, -0.15) is 0 Å². The molecule has 0 atom stereocenters. The minimum absolute atomic E-state index is 0.151. The summed E-state index contributed by atoms with van der Waals surface area (Å²) in [5.74, 6) is -0.302. The Morgan fingerprint density at radius 3 is 2.50 bits per heavy atom. The fraction of sp³-hybridized carbons (Fsp3) is 0.429. The summed E-state index contributed by atoms with van der Waals surface area (Å²) in [5.41, 5.74) is 4.06. The standard InChI is InChI=1S/C14H20N4O2/c1-11(19)15-13-5-3-4-12(10-13)14(20)16-18-8-6-17(2)7-9-18/h3-5,10H,6-9H2,1-2H3,(H,15,19)(H,16,20). The fourth-order valence-electron chi connectivity index (χ4n) is 2.07. The molecule has 0 aromatic heterocycles. The predicted octanol–water partition coefficient (Wildman–Crippen LogP) is 0.537. The van der Waals surface area contributed by atoms with Crippen LogP contribution in [0.15, 0.2) is 24.3 Å². The van der Waals surface area contributed by atoms with Crippen molar-refractivity contribution in [3.05, 3.63) is 29.8 Å². The van der Waals surface area contributed by atoms with E-state index in [9.17, 15) is 9.59 Å². The first-order chi connectivity index (χ1) is 9.54. The Bertz CT molecular complexity index is 496. The Morgan fingerprint density at radius 1 is 1.15 bits per heavy atom. The number of benzene rings is 1. The first kappa shape index (κ1) is 14.5. The molecule has 0 saturated carbocycles. The van der Waals surface area contributed by atoms with Crippen molar-refractivity contribution in [1.29, 1.82) is 0 Å². The zero-order valence-electron chi connectivity index (χ0n) is 11.8. The van der Waals surface area contributed by atoms with Gasteiger partial charge < -0.3 is 10.2 Å². The number of rotatable bonds is 3. The van der Waals surface area contributed by atoms with Gasteiger partial charge in [-0.25, -0.2) is 5.01 Å². The van der Waals surface area contributed by atoms with Crippen molar-refractivity contribution >= 4 is 17.5 Å². The second-order valence-corrected chi connectivity index (χ2v) is 4.99. The molecule has 6 nitrogen and oxygen atoms in total. The van der Waals surface area contributed by atoms with E-state index in [1.54, 1.807) is 24.3 Å². The van der Waals surface area contributed by atoms with Gasteiger partial charge in [-0.15, -0.1) is 0 Å². The quantitative estimate of drug-likeness (QED) is 0.845. The Labute approximate surface area is 118 Å². The lowest BCUT2D eigenvalue weighted by molar-refractivity contribution is -0.114. The number of anilines is 1. The van der Waals surface area contributed by atoms with Crippen molar-refractivity contribution in [3.63, 3.8) is 0 Å². The van der Waals surface area contributed by atoms with Crippen LogP contribution in [0.5, 0.6) is 0 Å². The Kier molecular flexibility index (Phi) is 4.70. The summed E-state index contributed by atoms with van der Waals surface area (Å²) in [4.78, 5) is 25.4. The summed E-state index contributed by atoms with van der Waals surface area (Å²) in [6.07, 6.45) is 0. The molecule has 6 heteroatoms. The number of amides is 2. The number of nitrogens with one attached hydrogen (secondary N) is 2. The van der Waals surface area contributed by atoms with Crippen molar-refractivity contribution < 1.29 is 9.59 Å². The van der Waals surface area contributed by atoms with Crippen molar-refractivity contribution in [2.24, 2.45) is 0 Å². The molecule has 1 fully saturated rings. The van der Waals surface area contributed by atoms with Crippen LogP contribution in [-0.2, 0) is 4.79 Å². The molecule has 2 amide bonds. The van der Waals surface area contributed by atoms with E-state index >= 15 is 0 Å². The van der Waals surface area contributed by atoms with Gasteiger partial charge in [0.05, 0.1) is 0 Å². The van der Waals surface area contributed by atoms with E-state index in [1.807, 2.05) is 5.01 Å². The van der Waals surface area contributed by atoms with Crippen LogP contribution in [0.3, 0.4) is 0 Å². The third-order valence-corrected chi connectivity index (χ3v) is 3.21. The lowest BCUT2D eigenvalue weighted by Gasteiger charge is -2.32. The monoisotopic (exact) mass is 276 g/mol. The number of piperazine rings is 1. The van der Waals surface area contributed by atoms with Gasteiger partial charge in [0, 0.05) is 44.4 Å². The minimum Gasteiger partial charge on any atom is -0.326 e. The van der Waals surface area contributed by atoms with Crippen molar-refractivity contribution in [2.75, 3.05) is 38.5 Å². The smallest absolute Gasteiger partial charge is 0.265 e. The number of hydrogen-bond acceptors (Lipinski definition) is 4. The summed E-state index contributed by atoms with van der Waals surface area (Å²) < 4.78 is 0. The van der Waals surface area contributed by atoms with Crippen LogP contribution >= 0.6 is 0 Å². The number of hydrogen-bond donors (Lipinski definition) is 2. The van der Waals surface area contributed by atoms with Crippen LogP contribution in [0.4, 0.5) is 5.69 Å². The molecule has 20 heavy (non-hydrogen) atoms. The highest BCUT2D eigenvalue weighted by Crippen LogP contribution is 2.11. The third-order valence-electron chi connectivity index (χ3n) is 3.21.